The number of esters is 1. The van der Waals surface area contributed by atoms with Crippen molar-refractivity contribution in [2.24, 2.45) is 22.7 Å². The Bertz CT molecular complexity index is 1520. The van der Waals surface area contributed by atoms with Gasteiger partial charge in [-0.2, -0.15) is 18.4 Å². The van der Waals surface area contributed by atoms with E-state index in [1.54, 1.807) is 55.5 Å². The van der Waals surface area contributed by atoms with E-state index in [1.165, 1.54) is 4.90 Å². The molecule has 2 aromatic carbocycles. The number of anilines is 1. The van der Waals surface area contributed by atoms with Gasteiger partial charge in [-0.25, -0.2) is 4.99 Å². The molecule has 0 bridgehead atoms. The molecule has 3 rings (SSSR count). The molecule has 1 N–H and O–H groups in total. The first kappa shape index (κ1) is 39.4. The average molecular weight is 701 g/mol. The Morgan fingerprint density at radius 3 is 2.35 bits per heavy atom. The number of hydrogen-bond acceptors (Lipinski definition) is 7. The van der Waals surface area contributed by atoms with Crippen LogP contribution in [0.5, 0.6) is 0 Å². The van der Waals surface area contributed by atoms with E-state index in [1.807, 2.05) is 13.8 Å². The molecule has 1 heterocycles. The minimum Gasteiger partial charge on any atom is -0.465 e. The van der Waals surface area contributed by atoms with Crippen LogP contribution < -0.4 is 10.2 Å². The summed E-state index contributed by atoms with van der Waals surface area (Å²) in [5.41, 5.74) is 1.75. The van der Waals surface area contributed by atoms with Gasteiger partial charge < -0.3 is 14.8 Å². The number of para-hydroxylation sites is 1. The first-order chi connectivity index (χ1) is 23.1. The fourth-order valence-corrected chi connectivity index (χ4v) is 6.19. The number of nitriles is 1. The van der Waals surface area contributed by atoms with Gasteiger partial charge in [0.15, 0.2) is 0 Å². The van der Waals surface area contributed by atoms with Crippen molar-refractivity contribution in [2.45, 2.75) is 84.5 Å². The lowest BCUT2D eigenvalue weighted by molar-refractivity contribution is -0.159. The van der Waals surface area contributed by atoms with Gasteiger partial charge in [-0.05, 0) is 30.9 Å². The van der Waals surface area contributed by atoms with Crippen LogP contribution in [0.3, 0.4) is 0 Å². The molecule has 0 radical (unpaired) electrons. The molecule has 0 aliphatic carbocycles. The second-order valence-corrected chi connectivity index (χ2v) is 19.5. The van der Waals surface area contributed by atoms with Crippen LogP contribution in [0.1, 0.15) is 63.1 Å². The molecular formula is C36H47F3N4O5Si. The number of halogens is 3. The van der Waals surface area contributed by atoms with E-state index in [-0.39, 0.29) is 36.9 Å². The summed E-state index contributed by atoms with van der Waals surface area (Å²) in [6.45, 7) is 12.1. The van der Waals surface area contributed by atoms with Crippen LogP contribution >= 0.6 is 0 Å². The lowest BCUT2D eigenvalue weighted by Crippen LogP contribution is -2.51. The lowest BCUT2D eigenvalue weighted by Gasteiger charge is -2.29. The first-order valence-electron chi connectivity index (χ1n) is 16.7. The minimum absolute atomic E-state index is 0.0260. The molecule has 1 aliphatic heterocycles. The molecule has 2 aromatic rings. The number of carbonyl (C=O) groups excluding carboxylic acids is 3. The zero-order valence-corrected chi connectivity index (χ0v) is 30.1. The van der Waals surface area contributed by atoms with Crippen molar-refractivity contribution in [3.8, 4) is 6.07 Å². The maximum Gasteiger partial charge on any atom is 0.389 e. The van der Waals surface area contributed by atoms with E-state index in [0.717, 1.165) is 6.04 Å². The SMILES string of the molecule is CCC[C@H](C(=O)OCC(C)C)[C@@H](CCC(F)(F)F)C(=O)NC1N=C(c2ccccc2)c2cccc(C#N)c2N(COCC[Si](C)(C)C)C1=O. The highest BCUT2D eigenvalue weighted by Gasteiger charge is 2.41. The predicted molar refractivity (Wildman–Crippen MR) is 185 cm³/mol. The third kappa shape index (κ3) is 11.5. The van der Waals surface area contributed by atoms with E-state index < -0.39 is 62.9 Å². The van der Waals surface area contributed by atoms with Crippen LogP contribution in [-0.4, -0.2) is 63.9 Å². The molecule has 1 unspecified atom stereocenters. The monoisotopic (exact) mass is 700 g/mol. The summed E-state index contributed by atoms with van der Waals surface area (Å²) in [4.78, 5) is 47.6. The van der Waals surface area contributed by atoms with Crippen LogP contribution in [-0.2, 0) is 23.9 Å². The van der Waals surface area contributed by atoms with E-state index in [9.17, 15) is 32.8 Å². The third-order valence-corrected chi connectivity index (χ3v) is 9.71. The molecule has 1 aliphatic rings. The summed E-state index contributed by atoms with van der Waals surface area (Å²) in [6, 6.07) is 16.8. The number of alkyl halides is 3. The van der Waals surface area contributed by atoms with Crippen molar-refractivity contribution >= 4 is 37.3 Å². The van der Waals surface area contributed by atoms with Gasteiger partial charge in [0.1, 0.15) is 12.8 Å². The predicted octanol–water partition coefficient (Wildman–Crippen LogP) is 7.07. The van der Waals surface area contributed by atoms with Crippen molar-refractivity contribution in [3.05, 3.63) is 65.2 Å². The Morgan fingerprint density at radius 1 is 1.06 bits per heavy atom. The summed E-state index contributed by atoms with van der Waals surface area (Å²) in [5.74, 6) is -5.08. The number of benzene rings is 2. The smallest absolute Gasteiger partial charge is 0.389 e. The zero-order valence-electron chi connectivity index (χ0n) is 29.1. The number of amides is 2. The molecule has 0 fully saturated rings. The van der Waals surface area contributed by atoms with Crippen molar-refractivity contribution in [1.82, 2.24) is 5.32 Å². The van der Waals surface area contributed by atoms with Gasteiger partial charge in [0.25, 0.3) is 5.91 Å². The molecule has 0 aromatic heterocycles. The number of nitrogens with zero attached hydrogens (tertiary/aromatic N) is 3. The Balaban J connectivity index is 2.12. The van der Waals surface area contributed by atoms with Crippen molar-refractivity contribution in [3.63, 3.8) is 0 Å². The second-order valence-electron chi connectivity index (χ2n) is 13.9. The van der Waals surface area contributed by atoms with Crippen LogP contribution in [0.2, 0.25) is 25.7 Å². The fraction of sp³-hybridized carbons (Fsp3) is 0.528. The molecule has 0 saturated heterocycles. The van der Waals surface area contributed by atoms with Crippen LogP contribution in [0.4, 0.5) is 18.9 Å². The quantitative estimate of drug-likeness (QED) is 0.114. The Morgan fingerprint density at radius 2 is 1.76 bits per heavy atom. The number of aliphatic imine (C=N–C) groups is 1. The van der Waals surface area contributed by atoms with Gasteiger partial charge in [-0.15, -0.1) is 0 Å². The Labute approximate surface area is 287 Å². The standard InChI is InChI=1S/C36H47F3N4O5Si/c1-7-12-28(35(46)48-22-24(2)3)27(17-18-36(37,38)39)33(44)42-32-34(45)43(23-47-19-20-49(4,5)6)31-26(21-40)15-11-16-29(31)30(41-32)25-13-9-8-10-14-25/h8-11,13-16,24,27-28,32H,7,12,17-20,22-23H2,1-6H3,(H,42,44)/t27-,28+,32?/m1/s1. The number of nitrogens with one attached hydrogen (secondary N) is 1. The van der Waals surface area contributed by atoms with E-state index in [4.69, 9.17) is 14.5 Å². The van der Waals surface area contributed by atoms with Gasteiger partial charge >= 0.3 is 12.1 Å². The Kier molecular flexibility index (Phi) is 14.1. The summed E-state index contributed by atoms with van der Waals surface area (Å²) >= 11 is 0. The molecular weight excluding hydrogens is 653 g/mol. The number of ether oxygens (including phenoxy) is 2. The van der Waals surface area contributed by atoms with Crippen LogP contribution in [0, 0.1) is 29.1 Å². The summed E-state index contributed by atoms with van der Waals surface area (Å²) in [6.07, 6.45) is -7.68. The fourth-order valence-electron chi connectivity index (χ4n) is 5.44. The molecule has 266 valence electrons. The normalized spacial score (nSPS) is 16.3. The number of benzodiazepines with no additional fused rings is 1. The largest absolute Gasteiger partial charge is 0.465 e. The first-order valence-corrected chi connectivity index (χ1v) is 20.4. The van der Waals surface area contributed by atoms with Gasteiger partial charge in [-0.3, -0.25) is 19.3 Å². The van der Waals surface area contributed by atoms with Gasteiger partial charge in [-0.1, -0.05) is 89.3 Å². The van der Waals surface area contributed by atoms with Crippen molar-refractivity contribution in [1.29, 1.82) is 5.26 Å². The maximum absolute atomic E-state index is 14.4. The highest BCUT2D eigenvalue weighted by molar-refractivity contribution is 6.76. The van der Waals surface area contributed by atoms with E-state index in [2.05, 4.69) is 31.0 Å². The van der Waals surface area contributed by atoms with E-state index >= 15 is 0 Å². The third-order valence-electron chi connectivity index (χ3n) is 8.01. The number of hydrogen-bond donors (Lipinski definition) is 1. The molecule has 2 amide bonds. The topological polar surface area (TPSA) is 121 Å². The number of carbonyl (C=O) groups is 3. The highest BCUT2D eigenvalue weighted by atomic mass is 28.3. The van der Waals surface area contributed by atoms with Gasteiger partial charge in [0, 0.05) is 32.2 Å². The Hall–Kier alpha value is -4.02. The number of rotatable bonds is 16. The maximum atomic E-state index is 14.4. The van der Waals surface area contributed by atoms with Gasteiger partial charge in [0.05, 0.1) is 35.4 Å². The molecule has 3 atom stereocenters. The van der Waals surface area contributed by atoms with Gasteiger partial charge in [0.2, 0.25) is 12.1 Å². The molecule has 9 nitrogen and oxygen atoms in total. The van der Waals surface area contributed by atoms with E-state index in [0.29, 0.717) is 29.9 Å². The van der Waals surface area contributed by atoms with Crippen LogP contribution in [0.25, 0.3) is 0 Å². The number of fused-ring (bicyclic) bond motifs is 1. The lowest BCUT2D eigenvalue weighted by atomic mass is 9.84. The summed E-state index contributed by atoms with van der Waals surface area (Å²) < 4.78 is 52.0. The molecule has 13 heteroatoms. The summed E-state index contributed by atoms with van der Waals surface area (Å²) in [7, 11) is -1.50. The van der Waals surface area contributed by atoms with Crippen molar-refractivity contribution in [2.75, 3.05) is 24.8 Å². The summed E-state index contributed by atoms with van der Waals surface area (Å²) in [5, 5.41) is 12.7. The molecule has 0 saturated carbocycles. The molecule has 0 spiro atoms. The van der Waals surface area contributed by atoms with Crippen molar-refractivity contribution < 1.29 is 37.0 Å². The second kappa shape index (κ2) is 17.6. The molecule has 49 heavy (non-hydrogen) atoms. The minimum atomic E-state index is -4.59. The highest BCUT2D eigenvalue weighted by Crippen LogP contribution is 2.34. The zero-order chi connectivity index (χ0) is 36.4. The average Bonchev–Trinajstić information content (AvgIpc) is 3.15. The van der Waals surface area contributed by atoms with Crippen LogP contribution in [0.15, 0.2) is 53.5 Å².